The minimum absolute atomic E-state index is 0.263. The van der Waals surface area contributed by atoms with Crippen LogP contribution in [-0.4, -0.2) is 23.9 Å². The average Bonchev–Trinajstić information content (AvgIpc) is 2.37. The summed E-state index contributed by atoms with van der Waals surface area (Å²) in [6.07, 6.45) is 2.07. The van der Waals surface area contributed by atoms with E-state index in [9.17, 15) is 4.79 Å². The Balaban J connectivity index is 1.98. The molecular weight excluding hydrogens is 236 g/mol. The highest BCUT2D eigenvalue weighted by atomic mass is 16.2. The summed E-state index contributed by atoms with van der Waals surface area (Å²) >= 11 is 0. The van der Waals surface area contributed by atoms with E-state index >= 15 is 0 Å². The van der Waals surface area contributed by atoms with Crippen molar-refractivity contribution < 1.29 is 4.79 Å². The number of amides is 1. The predicted molar refractivity (Wildman–Crippen MR) is 78.9 cm³/mol. The number of hydrogen-bond donors (Lipinski definition) is 1. The number of piperidine rings is 1. The van der Waals surface area contributed by atoms with Crippen molar-refractivity contribution >= 4 is 11.6 Å². The summed E-state index contributed by atoms with van der Waals surface area (Å²) in [7, 11) is 0. The van der Waals surface area contributed by atoms with E-state index in [1.807, 2.05) is 37.8 Å². The molecule has 1 heterocycles. The van der Waals surface area contributed by atoms with Gasteiger partial charge in [0.15, 0.2) is 0 Å². The molecule has 1 aliphatic heterocycles. The molecule has 2 N–H and O–H groups in total. The minimum atomic E-state index is -0.274. The van der Waals surface area contributed by atoms with E-state index in [-0.39, 0.29) is 11.3 Å². The first-order chi connectivity index (χ1) is 8.88. The molecule has 3 heteroatoms. The lowest BCUT2D eigenvalue weighted by molar-refractivity contribution is -0.140. The summed E-state index contributed by atoms with van der Waals surface area (Å²) in [5, 5.41) is 0. The lowest BCUT2D eigenvalue weighted by atomic mass is 9.87. The maximum absolute atomic E-state index is 12.2. The quantitative estimate of drug-likeness (QED) is 0.789. The van der Waals surface area contributed by atoms with Crippen molar-refractivity contribution in [2.24, 2.45) is 5.41 Å². The number of nitrogen functional groups attached to an aromatic ring is 1. The van der Waals surface area contributed by atoms with E-state index in [2.05, 4.69) is 12.1 Å². The summed E-state index contributed by atoms with van der Waals surface area (Å²) in [5.41, 5.74) is 7.69. The van der Waals surface area contributed by atoms with Gasteiger partial charge in [0, 0.05) is 24.2 Å². The molecule has 0 unspecified atom stereocenters. The second-order valence-electron chi connectivity index (χ2n) is 6.49. The Morgan fingerprint density at radius 2 is 1.89 bits per heavy atom. The summed E-state index contributed by atoms with van der Waals surface area (Å²) in [6, 6.07) is 8.13. The molecule has 1 aromatic carbocycles. The molecule has 1 aromatic rings. The molecule has 3 nitrogen and oxygen atoms in total. The van der Waals surface area contributed by atoms with Crippen LogP contribution in [-0.2, 0) is 4.79 Å². The van der Waals surface area contributed by atoms with Gasteiger partial charge < -0.3 is 10.6 Å². The second kappa shape index (κ2) is 5.24. The maximum Gasteiger partial charge on any atom is 0.227 e. The van der Waals surface area contributed by atoms with E-state index in [0.717, 1.165) is 31.6 Å². The van der Waals surface area contributed by atoms with E-state index in [1.165, 1.54) is 5.56 Å². The first-order valence-electron chi connectivity index (χ1n) is 7.03. The second-order valence-corrected chi connectivity index (χ2v) is 6.49. The zero-order valence-corrected chi connectivity index (χ0v) is 12.1. The van der Waals surface area contributed by atoms with Gasteiger partial charge in [-0.3, -0.25) is 4.79 Å². The average molecular weight is 260 g/mol. The van der Waals surface area contributed by atoms with Crippen molar-refractivity contribution in [3.63, 3.8) is 0 Å². The number of benzene rings is 1. The number of hydrogen-bond acceptors (Lipinski definition) is 2. The molecule has 104 valence electrons. The molecule has 1 aliphatic rings. The fourth-order valence-corrected chi connectivity index (χ4v) is 2.70. The molecule has 0 aliphatic carbocycles. The highest BCUT2D eigenvalue weighted by Gasteiger charge is 2.30. The summed E-state index contributed by atoms with van der Waals surface area (Å²) in [4.78, 5) is 14.2. The highest BCUT2D eigenvalue weighted by molar-refractivity contribution is 5.81. The Hall–Kier alpha value is -1.51. The molecule has 0 saturated carbocycles. The number of anilines is 1. The van der Waals surface area contributed by atoms with Crippen LogP contribution in [0.25, 0.3) is 0 Å². The van der Waals surface area contributed by atoms with Crippen molar-refractivity contribution in [1.29, 1.82) is 0 Å². The molecule has 1 amide bonds. The standard InChI is InChI=1S/C16H24N2O/c1-16(2,3)15(19)18-9-7-12(8-10-18)13-5-4-6-14(17)11-13/h4-6,11-12H,7-10,17H2,1-3H3. The molecule has 2 rings (SSSR count). The Morgan fingerprint density at radius 1 is 1.26 bits per heavy atom. The fraction of sp³-hybridized carbons (Fsp3) is 0.562. The molecule has 1 saturated heterocycles. The fourth-order valence-electron chi connectivity index (χ4n) is 2.70. The van der Waals surface area contributed by atoms with Gasteiger partial charge in [0.25, 0.3) is 0 Å². The number of likely N-dealkylation sites (tertiary alicyclic amines) is 1. The van der Waals surface area contributed by atoms with Gasteiger partial charge >= 0.3 is 0 Å². The van der Waals surface area contributed by atoms with Gasteiger partial charge in [-0.2, -0.15) is 0 Å². The van der Waals surface area contributed by atoms with Crippen LogP contribution in [0.4, 0.5) is 5.69 Å². The summed E-state index contributed by atoms with van der Waals surface area (Å²) in [6.45, 7) is 7.67. The summed E-state index contributed by atoms with van der Waals surface area (Å²) in [5.74, 6) is 0.797. The number of rotatable bonds is 1. The zero-order valence-electron chi connectivity index (χ0n) is 12.1. The van der Waals surface area contributed by atoms with Crippen LogP contribution in [0.2, 0.25) is 0 Å². The summed E-state index contributed by atoms with van der Waals surface area (Å²) < 4.78 is 0. The van der Waals surface area contributed by atoms with E-state index in [0.29, 0.717) is 5.92 Å². The van der Waals surface area contributed by atoms with Crippen LogP contribution in [0.1, 0.15) is 45.1 Å². The third-order valence-corrected chi connectivity index (χ3v) is 3.81. The molecule has 0 bridgehead atoms. The third-order valence-electron chi connectivity index (χ3n) is 3.81. The van der Waals surface area contributed by atoms with Crippen LogP contribution in [0.5, 0.6) is 0 Å². The number of carbonyl (C=O) groups is 1. The first kappa shape index (κ1) is 13.9. The molecule has 0 radical (unpaired) electrons. The van der Waals surface area contributed by atoms with Crippen molar-refractivity contribution in [3.8, 4) is 0 Å². The van der Waals surface area contributed by atoms with Crippen LogP contribution < -0.4 is 5.73 Å². The molecular formula is C16H24N2O. The molecule has 0 atom stereocenters. The minimum Gasteiger partial charge on any atom is -0.399 e. The number of nitrogens with zero attached hydrogens (tertiary/aromatic N) is 1. The smallest absolute Gasteiger partial charge is 0.227 e. The highest BCUT2D eigenvalue weighted by Crippen LogP contribution is 2.30. The van der Waals surface area contributed by atoms with Crippen molar-refractivity contribution in [1.82, 2.24) is 4.90 Å². The monoisotopic (exact) mass is 260 g/mol. The zero-order chi connectivity index (χ0) is 14.0. The molecule has 19 heavy (non-hydrogen) atoms. The van der Waals surface area contributed by atoms with Crippen LogP contribution in [0, 0.1) is 5.41 Å². The normalized spacial score (nSPS) is 17.5. The lowest BCUT2D eigenvalue weighted by Crippen LogP contribution is -2.43. The SMILES string of the molecule is CC(C)(C)C(=O)N1CCC(c2cccc(N)c2)CC1. The Morgan fingerprint density at radius 3 is 2.42 bits per heavy atom. The van der Waals surface area contributed by atoms with Gasteiger partial charge in [0.05, 0.1) is 0 Å². The van der Waals surface area contributed by atoms with Gasteiger partial charge in [-0.15, -0.1) is 0 Å². The molecule has 1 fully saturated rings. The van der Waals surface area contributed by atoms with E-state index in [4.69, 9.17) is 5.73 Å². The van der Waals surface area contributed by atoms with Gasteiger partial charge in [-0.05, 0) is 36.5 Å². The first-order valence-corrected chi connectivity index (χ1v) is 7.03. The predicted octanol–water partition coefficient (Wildman–Crippen LogP) is 3.02. The Kier molecular flexibility index (Phi) is 3.83. The lowest BCUT2D eigenvalue weighted by Gasteiger charge is -2.36. The van der Waals surface area contributed by atoms with Crippen molar-refractivity contribution in [2.45, 2.75) is 39.5 Å². The number of nitrogens with two attached hydrogens (primary N) is 1. The van der Waals surface area contributed by atoms with Crippen molar-refractivity contribution in [2.75, 3.05) is 18.8 Å². The van der Waals surface area contributed by atoms with Gasteiger partial charge in [0.1, 0.15) is 0 Å². The Labute approximate surface area is 115 Å². The maximum atomic E-state index is 12.2. The number of carbonyl (C=O) groups excluding carboxylic acids is 1. The van der Waals surface area contributed by atoms with Crippen LogP contribution >= 0.6 is 0 Å². The molecule has 0 aromatic heterocycles. The largest absolute Gasteiger partial charge is 0.399 e. The Bertz CT molecular complexity index is 454. The van der Waals surface area contributed by atoms with E-state index in [1.54, 1.807) is 0 Å². The van der Waals surface area contributed by atoms with Gasteiger partial charge in [0.2, 0.25) is 5.91 Å². The van der Waals surface area contributed by atoms with E-state index < -0.39 is 0 Å². The van der Waals surface area contributed by atoms with Gasteiger partial charge in [-0.25, -0.2) is 0 Å². The van der Waals surface area contributed by atoms with Crippen molar-refractivity contribution in [3.05, 3.63) is 29.8 Å². The van der Waals surface area contributed by atoms with Crippen LogP contribution in [0.15, 0.2) is 24.3 Å². The van der Waals surface area contributed by atoms with Gasteiger partial charge in [-0.1, -0.05) is 32.9 Å². The topological polar surface area (TPSA) is 46.3 Å². The molecule has 0 spiro atoms. The van der Waals surface area contributed by atoms with Crippen LogP contribution in [0.3, 0.4) is 0 Å². The third kappa shape index (κ3) is 3.28.